The average Bonchev–Trinajstić information content (AvgIpc) is 3.06. The Morgan fingerprint density at radius 2 is 2.22 bits per heavy atom. The van der Waals surface area contributed by atoms with Crippen LogP contribution >= 0.6 is 39.5 Å². The first-order valence-corrected chi connectivity index (χ1v) is 10.6. The number of carbonyl (C=O) groups is 1. The summed E-state index contributed by atoms with van der Waals surface area (Å²) in [5.41, 5.74) is 3.25. The van der Waals surface area contributed by atoms with Crippen molar-refractivity contribution < 1.29 is 9.21 Å². The zero-order valence-electron chi connectivity index (χ0n) is 14.5. The molecule has 4 rings (SSSR count). The van der Waals surface area contributed by atoms with Gasteiger partial charge in [0.1, 0.15) is 16.7 Å². The molecule has 1 aliphatic rings. The van der Waals surface area contributed by atoms with Crippen LogP contribution in [0.4, 0.5) is 5.00 Å². The number of halogens is 1. The van der Waals surface area contributed by atoms with E-state index in [1.807, 2.05) is 12.1 Å². The van der Waals surface area contributed by atoms with Gasteiger partial charge in [-0.15, -0.1) is 11.3 Å². The Labute approximate surface area is 173 Å². The lowest BCUT2D eigenvalue weighted by Crippen LogP contribution is -2.16. The van der Waals surface area contributed by atoms with E-state index in [1.54, 1.807) is 12.1 Å². The Kier molecular flexibility index (Phi) is 4.89. The summed E-state index contributed by atoms with van der Waals surface area (Å²) < 4.78 is 7.31. The van der Waals surface area contributed by atoms with Crippen LogP contribution in [0.15, 0.2) is 33.2 Å². The molecule has 1 unspecified atom stereocenters. The highest BCUT2D eigenvalue weighted by Gasteiger charge is 2.24. The first-order valence-electron chi connectivity index (χ1n) is 8.55. The van der Waals surface area contributed by atoms with Gasteiger partial charge in [0.25, 0.3) is 5.91 Å². The summed E-state index contributed by atoms with van der Waals surface area (Å²) in [5.74, 6) is 0.387. The zero-order chi connectivity index (χ0) is 19.1. The molecule has 1 aliphatic carbocycles. The van der Waals surface area contributed by atoms with Crippen LogP contribution in [0.3, 0.4) is 0 Å². The molecule has 1 amide bonds. The summed E-state index contributed by atoms with van der Waals surface area (Å²) in [6.45, 7) is 2.20. The van der Waals surface area contributed by atoms with E-state index in [1.165, 1.54) is 11.3 Å². The van der Waals surface area contributed by atoms with Crippen molar-refractivity contribution in [1.29, 1.82) is 5.26 Å². The smallest absolute Gasteiger partial charge is 0.292 e. The third-order valence-corrected chi connectivity index (χ3v) is 6.75. The molecule has 1 N–H and O–H groups in total. The van der Waals surface area contributed by atoms with E-state index in [2.05, 4.69) is 34.2 Å². The lowest BCUT2D eigenvalue weighted by molar-refractivity contribution is 0.0999. The van der Waals surface area contributed by atoms with E-state index < -0.39 is 0 Å². The molecule has 27 heavy (non-hydrogen) atoms. The van der Waals surface area contributed by atoms with Crippen LogP contribution in [0.1, 0.15) is 40.6 Å². The molecule has 2 aromatic heterocycles. The van der Waals surface area contributed by atoms with Crippen molar-refractivity contribution in [2.45, 2.75) is 26.2 Å². The van der Waals surface area contributed by atoms with Crippen molar-refractivity contribution in [2.24, 2.45) is 5.92 Å². The summed E-state index contributed by atoms with van der Waals surface area (Å²) in [4.78, 5) is 12.7. The molecular weight excluding hydrogens is 444 g/mol. The van der Waals surface area contributed by atoms with Crippen molar-refractivity contribution >= 4 is 61.4 Å². The topological polar surface area (TPSA) is 66.0 Å². The maximum absolute atomic E-state index is 12.7. The molecule has 0 spiro atoms. The minimum Gasteiger partial charge on any atom is -0.451 e. The van der Waals surface area contributed by atoms with Crippen molar-refractivity contribution in [3.8, 4) is 6.07 Å². The lowest BCUT2D eigenvalue weighted by Gasteiger charge is -2.23. The molecular formula is C20H15BrN2O2S2. The summed E-state index contributed by atoms with van der Waals surface area (Å²) in [6.07, 6.45) is 2.74. The fraction of sp³-hybridized carbons (Fsp3) is 0.250. The summed E-state index contributed by atoms with van der Waals surface area (Å²) >= 11 is 10.3. The molecule has 2 heterocycles. The zero-order valence-corrected chi connectivity index (χ0v) is 17.7. The average molecular weight is 459 g/mol. The third-order valence-electron chi connectivity index (χ3n) is 4.81. The number of anilines is 1. The maximum Gasteiger partial charge on any atom is 0.292 e. The van der Waals surface area contributed by atoms with Crippen LogP contribution in [-0.4, -0.2) is 5.91 Å². The molecule has 0 radical (unpaired) electrons. The normalized spacial score (nSPS) is 16.0. The number of benzene rings is 1. The molecule has 3 aromatic rings. The largest absolute Gasteiger partial charge is 0.451 e. The molecule has 136 valence electrons. The number of carbonyl (C=O) groups excluding carboxylic acids is 1. The van der Waals surface area contributed by atoms with Crippen LogP contribution in [-0.2, 0) is 12.8 Å². The van der Waals surface area contributed by atoms with E-state index in [-0.39, 0.29) is 11.7 Å². The predicted octanol–water partition coefficient (Wildman–Crippen LogP) is 6.24. The van der Waals surface area contributed by atoms with Gasteiger partial charge in [-0.1, -0.05) is 35.1 Å². The molecule has 0 saturated heterocycles. The SMILES string of the molecule is CC1CCc2c(C#N)c(NC(=O)c3cc4cc(Br)ccc4o3)sc(=S)c2C1. The standard InChI is InChI=1S/C20H15BrN2O2S2/c1-10-2-4-13-14(6-10)20(26)27-19(15(13)9-22)23-18(24)17-8-11-7-12(21)3-5-16(11)25-17/h3,5,7-8,10H,2,4,6H2,1H3,(H,23,24). The third kappa shape index (κ3) is 3.45. The summed E-state index contributed by atoms with van der Waals surface area (Å²) in [7, 11) is 0. The van der Waals surface area contributed by atoms with E-state index in [0.717, 1.165) is 44.1 Å². The number of fused-ring (bicyclic) bond motifs is 2. The molecule has 0 saturated carbocycles. The number of rotatable bonds is 2. The van der Waals surface area contributed by atoms with E-state index >= 15 is 0 Å². The minimum atomic E-state index is -0.381. The second-order valence-corrected chi connectivity index (χ2v) is 9.36. The van der Waals surface area contributed by atoms with Crippen molar-refractivity contribution in [3.63, 3.8) is 0 Å². The van der Waals surface area contributed by atoms with Gasteiger partial charge in [0.2, 0.25) is 0 Å². The molecule has 0 aliphatic heterocycles. The highest BCUT2D eigenvalue weighted by Crippen LogP contribution is 2.36. The Morgan fingerprint density at radius 3 is 3.00 bits per heavy atom. The Hall–Kier alpha value is -2.01. The fourth-order valence-corrected chi connectivity index (χ4v) is 5.20. The minimum absolute atomic E-state index is 0.205. The summed E-state index contributed by atoms with van der Waals surface area (Å²) in [6, 6.07) is 9.52. The molecule has 0 fully saturated rings. The van der Waals surface area contributed by atoms with Crippen LogP contribution in [0.5, 0.6) is 0 Å². The van der Waals surface area contributed by atoms with Gasteiger partial charge in [0, 0.05) is 9.86 Å². The monoisotopic (exact) mass is 458 g/mol. The van der Waals surface area contributed by atoms with Crippen molar-refractivity contribution in [1.82, 2.24) is 0 Å². The second-order valence-electron chi connectivity index (χ2n) is 6.76. The number of amides is 1. The van der Waals surface area contributed by atoms with Crippen molar-refractivity contribution in [2.75, 3.05) is 5.32 Å². The fourth-order valence-electron chi connectivity index (χ4n) is 3.44. The van der Waals surface area contributed by atoms with E-state index in [9.17, 15) is 10.1 Å². The number of furan rings is 1. The van der Waals surface area contributed by atoms with Gasteiger partial charge < -0.3 is 9.73 Å². The summed E-state index contributed by atoms with van der Waals surface area (Å²) in [5, 5.41) is 13.9. The molecule has 0 bridgehead atoms. The molecule has 1 atom stereocenters. The molecule has 1 aromatic carbocycles. The first kappa shape index (κ1) is 18.4. The van der Waals surface area contributed by atoms with Gasteiger partial charge in [-0.25, -0.2) is 0 Å². The van der Waals surface area contributed by atoms with Gasteiger partial charge in [-0.3, -0.25) is 4.79 Å². The highest BCUT2D eigenvalue weighted by molar-refractivity contribution is 9.10. The van der Waals surface area contributed by atoms with E-state index in [0.29, 0.717) is 22.1 Å². The van der Waals surface area contributed by atoms with Crippen LogP contribution in [0.25, 0.3) is 11.0 Å². The number of hydrogen-bond donors (Lipinski definition) is 1. The number of hydrogen-bond acceptors (Lipinski definition) is 5. The van der Waals surface area contributed by atoms with Gasteiger partial charge >= 0.3 is 0 Å². The Bertz CT molecular complexity index is 1170. The highest BCUT2D eigenvalue weighted by atomic mass is 79.9. The second kappa shape index (κ2) is 7.19. The van der Waals surface area contributed by atoms with Gasteiger partial charge in [-0.05, 0) is 60.6 Å². The van der Waals surface area contributed by atoms with Crippen LogP contribution < -0.4 is 5.32 Å². The number of nitrogens with one attached hydrogen (secondary N) is 1. The maximum atomic E-state index is 12.7. The molecule has 7 heteroatoms. The van der Waals surface area contributed by atoms with Gasteiger partial charge in [0.05, 0.1) is 9.39 Å². The quantitative estimate of drug-likeness (QED) is 0.461. The van der Waals surface area contributed by atoms with Crippen molar-refractivity contribution in [3.05, 3.63) is 55.0 Å². The van der Waals surface area contributed by atoms with Crippen LogP contribution in [0, 0.1) is 21.1 Å². The predicted molar refractivity (Wildman–Crippen MR) is 113 cm³/mol. The van der Waals surface area contributed by atoms with Gasteiger partial charge in [0.15, 0.2) is 5.76 Å². The first-order chi connectivity index (χ1) is 13.0. The van der Waals surface area contributed by atoms with Gasteiger partial charge in [-0.2, -0.15) is 5.26 Å². The van der Waals surface area contributed by atoms with Crippen LogP contribution in [0.2, 0.25) is 0 Å². The number of nitriles is 1. The Balaban J connectivity index is 1.71. The number of nitrogens with zero attached hydrogens (tertiary/aromatic N) is 1. The Morgan fingerprint density at radius 1 is 1.41 bits per heavy atom. The van der Waals surface area contributed by atoms with E-state index in [4.69, 9.17) is 16.6 Å². The molecule has 4 nitrogen and oxygen atoms in total. The lowest BCUT2D eigenvalue weighted by atomic mass is 9.85.